The van der Waals surface area contributed by atoms with Gasteiger partial charge in [0, 0.05) is 17.1 Å². The van der Waals surface area contributed by atoms with Crippen molar-refractivity contribution in [1.29, 1.82) is 0 Å². The lowest BCUT2D eigenvalue weighted by molar-refractivity contribution is 0.160. The second-order valence-corrected chi connectivity index (χ2v) is 6.57. The predicted octanol–water partition coefficient (Wildman–Crippen LogP) is 3.18. The first-order valence-electron chi connectivity index (χ1n) is 7.73. The zero-order valence-corrected chi connectivity index (χ0v) is 13.5. The minimum absolute atomic E-state index is 0.594. The van der Waals surface area contributed by atoms with Crippen molar-refractivity contribution in [2.75, 3.05) is 13.1 Å². The van der Waals surface area contributed by atoms with E-state index < -0.39 is 0 Å². The normalized spacial score (nSPS) is 17.9. The topological polar surface area (TPSA) is 44.0 Å². The first kappa shape index (κ1) is 14.8. The van der Waals surface area contributed by atoms with Gasteiger partial charge in [-0.15, -0.1) is 0 Å². The van der Waals surface area contributed by atoms with Crippen molar-refractivity contribution in [3.05, 3.63) is 29.0 Å². The van der Waals surface area contributed by atoms with E-state index in [1.54, 1.807) is 0 Å². The number of imidazole rings is 1. The summed E-state index contributed by atoms with van der Waals surface area (Å²) in [6.45, 7) is 7.70. The number of aromatic nitrogens is 2. The number of hydrogen-bond donors (Lipinski definition) is 2. The number of fused-ring (bicyclic) bond motifs is 1. The highest BCUT2D eigenvalue weighted by Crippen LogP contribution is 2.18. The van der Waals surface area contributed by atoms with Crippen LogP contribution < -0.4 is 5.32 Å². The van der Waals surface area contributed by atoms with Crippen LogP contribution in [0.15, 0.2) is 18.2 Å². The van der Waals surface area contributed by atoms with E-state index in [1.165, 1.54) is 25.9 Å². The molecule has 3 rings (SSSR count). The second-order valence-electron chi connectivity index (χ2n) is 6.13. The van der Waals surface area contributed by atoms with Crippen LogP contribution in [-0.2, 0) is 6.54 Å². The number of halogens is 1. The van der Waals surface area contributed by atoms with Crippen LogP contribution in [0.1, 0.15) is 32.5 Å². The second kappa shape index (κ2) is 6.34. The first-order valence-corrected chi connectivity index (χ1v) is 8.11. The third-order valence-corrected chi connectivity index (χ3v) is 4.55. The standard InChI is InChI=1S/C16H23ClN4/c1-11(2)21-7-5-13(6-8-21)18-10-16-19-14-4-3-12(17)9-15(14)20-16/h3-4,9,11,13,18H,5-8,10H2,1-2H3,(H,19,20). The van der Waals surface area contributed by atoms with E-state index in [0.717, 1.165) is 28.4 Å². The Balaban J connectivity index is 1.55. The Morgan fingerprint density at radius 1 is 1.38 bits per heavy atom. The Hall–Kier alpha value is -1.10. The van der Waals surface area contributed by atoms with E-state index in [4.69, 9.17) is 11.6 Å². The Morgan fingerprint density at radius 3 is 2.86 bits per heavy atom. The summed E-state index contributed by atoms with van der Waals surface area (Å²) in [4.78, 5) is 10.5. The fraction of sp³-hybridized carbons (Fsp3) is 0.562. The molecule has 1 aromatic heterocycles. The van der Waals surface area contributed by atoms with Gasteiger partial charge in [-0.2, -0.15) is 0 Å². The molecule has 0 atom stereocenters. The van der Waals surface area contributed by atoms with Gasteiger partial charge in [0.05, 0.1) is 17.6 Å². The van der Waals surface area contributed by atoms with Gasteiger partial charge in [-0.25, -0.2) is 4.98 Å². The molecular formula is C16H23ClN4. The average Bonchev–Trinajstić information content (AvgIpc) is 2.87. The summed E-state index contributed by atoms with van der Waals surface area (Å²) >= 11 is 6.00. The van der Waals surface area contributed by atoms with E-state index in [1.807, 2.05) is 18.2 Å². The average molecular weight is 307 g/mol. The molecule has 0 saturated carbocycles. The van der Waals surface area contributed by atoms with Crippen LogP contribution in [0.4, 0.5) is 0 Å². The summed E-state index contributed by atoms with van der Waals surface area (Å²) in [6, 6.07) is 7.01. The van der Waals surface area contributed by atoms with Crippen LogP contribution in [0.25, 0.3) is 11.0 Å². The molecule has 21 heavy (non-hydrogen) atoms. The van der Waals surface area contributed by atoms with Gasteiger partial charge in [0.15, 0.2) is 0 Å². The predicted molar refractivity (Wildman–Crippen MR) is 87.7 cm³/mol. The maximum atomic E-state index is 6.00. The van der Waals surface area contributed by atoms with Crippen molar-refractivity contribution in [2.24, 2.45) is 0 Å². The fourth-order valence-electron chi connectivity index (χ4n) is 2.98. The van der Waals surface area contributed by atoms with Gasteiger partial charge in [-0.1, -0.05) is 11.6 Å². The highest BCUT2D eigenvalue weighted by atomic mass is 35.5. The molecule has 114 valence electrons. The molecule has 0 bridgehead atoms. The first-order chi connectivity index (χ1) is 10.1. The molecule has 1 aliphatic rings. The number of aromatic amines is 1. The van der Waals surface area contributed by atoms with Crippen molar-refractivity contribution >= 4 is 22.6 Å². The molecule has 5 heteroatoms. The fourth-order valence-corrected chi connectivity index (χ4v) is 3.15. The smallest absolute Gasteiger partial charge is 0.121 e. The van der Waals surface area contributed by atoms with Crippen molar-refractivity contribution in [1.82, 2.24) is 20.2 Å². The van der Waals surface area contributed by atoms with Crippen molar-refractivity contribution in [3.8, 4) is 0 Å². The molecule has 1 aromatic carbocycles. The van der Waals surface area contributed by atoms with Crippen molar-refractivity contribution in [3.63, 3.8) is 0 Å². The molecule has 2 N–H and O–H groups in total. The zero-order chi connectivity index (χ0) is 14.8. The minimum atomic E-state index is 0.594. The Morgan fingerprint density at radius 2 is 2.14 bits per heavy atom. The molecule has 2 heterocycles. The zero-order valence-electron chi connectivity index (χ0n) is 12.7. The van der Waals surface area contributed by atoms with E-state index in [0.29, 0.717) is 12.1 Å². The Labute approximate surface area is 130 Å². The van der Waals surface area contributed by atoms with Crippen LogP contribution in [0.3, 0.4) is 0 Å². The maximum Gasteiger partial charge on any atom is 0.121 e. The summed E-state index contributed by atoms with van der Waals surface area (Å²) in [5.41, 5.74) is 1.99. The van der Waals surface area contributed by atoms with Gasteiger partial charge in [-0.3, -0.25) is 0 Å². The number of benzene rings is 1. The monoisotopic (exact) mass is 306 g/mol. The summed E-state index contributed by atoms with van der Waals surface area (Å²) in [6.07, 6.45) is 2.43. The van der Waals surface area contributed by atoms with Gasteiger partial charge >= 0.3 is 0 Å². The molecule has 0 amide bonds. The number of rotatable bonds is 4. The Bertz CT molecular complexity index is 599. The summed E-state index contributed by atoms with van der Waals surface area (Å²) in [5, 5.41) is 4.36. The van der Waals surface area contributed by atoms with Crippen LogP contribution in [-0.4, -0.2) is 40.0 Å². The highest BCUT2D eigenvalue weighted by molar-refractivity contribution is 6.31. The number of likely N-dealkylation sites (tertiary alicyclic amines) is 1. The molecule has 1 fully saturated rings. The van der Waals surface area contributed by atoms with Gasteiger partial charge < -0.3 is 15.2 Å². The van der Waals surface area contributed by atoms with Gasteiger partial charge in [-0.05, 0) is 58.0 Å². The lowest BCUT2D eigenvalue weighted by Crippen LogP contribution is -2.44. The van der Waals surface area contributed by atoms with Crippen LogP contribution in [0.2, 0.25) is 5.02 Å². The largest absolute Gasteiger partial charge is 0.341 e. The van der Waals surface area contributed by atoms with Crippen LogP contribution >= 0.6 is 11.6 Å². The third-order valence-electron chi connectivity index (χ3n) is 4.31. The lowest BCUT2D eigenvalue weighted by Gasteiger charge is -2.34. The molecular weight excluding hydrogens is 284 g/mol. The highest BCUT2D eigenvalue weighted by Gasteiger charge is 2.20. The maximum absolute atomic E-state index is 6.00. The SMILES string of the molecule is CC(C)N1CCC(NCc2nc3ccc(Cl)cc3[nH]2)CC1. The molecule has 0 unspecified atom stereocenters. The van der Waals surface area contributed by atoms with E-state index in [2.05, 4.69) is 34.0 Å². The minimum Gasteiger partial charge on any atom is -0.341 e. The summed E-state index contributed by atoms with van der Waals surface area (Å²) in [7, 11) is 0. The lowest BCUT2D eigenvalue weighted by atomic mass is 10.0. The van der Waals surface area contributed by atoms with Crippen molar-refractivity contribution < 1.29 is 0 Å². The summed E-state index contributed by atoms with van der Waals surface area (Å²) < 4.78 is 0. The van der Waals surface area contributed by atoms with Gasteiger partial charge in [0.25, 0.3) is 0 Å². The number of hydrogen-bond acceptors (Lipinski definition) is 3. The van der Waals surface area contributed by atoms with E-state index in [-0.39, 0.29) is 0 Å². The van der Waals surface area contributed by atoms with E-state index >= 15 is 0 Å². The number of nitrogens with zero attached hydrogens (tertiary/aromatic N) is 2. The molecule has 2 aromatic rings. The van der Waals surface area contributed by atoms with Gasteiger partial charge in [0.2, 0.25) is 0 Å². The molecule has 0 spiro atoms. The van der Waals surface area contributed by atoms with Crippen LogP contribution in [0, 0.1) is 0 Å². The molecule has 1 aliphatic heterocycles. The van der Waals surface area contributed by atoms with Crippen molar-refractivity contribution in [2.45, 2.75) is 45.3 Å². The number of piperidine rings is 1. The Kier molecular flexibility index (Phi) is 4.48. The van der Waals surface area contributed by atoms with Gasteiger partial charge in [0.1, 0.15) is 5.82 Å². The third kappa shape index (κ3) is 3.57. The summed E-state index contributed by atoms with van der Waals surface area (Å²) in [5.74, 6) is 0.985. The molecule has 1 saturated heterocycles. The molecule has 0 aliphatic carbocycles. The molecule has 4 nitrogen and oxygen atoms in total. The quantitative estimate of drug-likeness (QED) is 0.912. The van der Waals surface area contributed by atoms with E-state index in [9.17, 15) is 0 Å². The molecule has 0 radical (unpaired) electrons. The number of nitrogens with one attached hydrogen (secondary N) is 2. The number of H-pyrrole nitrogens is 1. The van der Waals surface area contributed by atoms with Crippen LogP contribution in [0.5, 0.6) is 0 Å².